The van der Waals surface area contributed by atoms with Crippen LogP contribution in [0.5, 0.6) is 0 Å². The standard InChI is InChI=1S/C4H5N3OS.H2/c5-3(8)2-1-7-4(6)9-2;/h1H,(H2,5,8)(H2,6,7);1H. The fourth-order valence-electron chi connectivity index (χ4n) is 0.402. The lowest BCUT2D eigenvalue weighted by molar-refractivity contribution is 0.100. The van der Waals surface area contributed by atoms with E-state index in [0.29, 0.717) is 10.0 Å². The fourth-order valence-corrected chi connectivity index (χ4v) is 0.938. The van der Waals surface area contributed by atoms with E-state index in [1.807, 2.05) is 0 Å². The van der Waals surface area contributed by atoms with Gasteiger partial charge in [-0.1, -0.05) is 11.3 Å². The molecule has 0 fully saturated rings. The molecule has 0 aliphatic rings. The monoisotopic (exact) mass is 145 g/mol. The number of carbonyl (C=O) groups is 1. The number of carbonyl (C=O) groups excluding carboxylic acids is 1. The van der Waals surface area contributed by atoms with Crippen LogP contribution in [0.1, 0.15) is 11.1 Å². The topological polar surface area (TPSA) is 82.0 Å². The second-order valence-corrected chi connectivity index (χ2v) is 2.49. The van der Waals surface area contributed by atoms with Gasteiger partial charge in [-0.15, -0.1) is 0 Å². The van der Waals surface area contributed by atoms with Crippen LogP contribution in [0, 0.1) is 0 Å². The summed E-state index contributed by atoms with van der Waals surface area (Å²) in [5, 5.41) is 0.365. The highest BCUT2D eigenvalue weighted by molar-refractivity contribution is 7.17. The molecule has 4 nitrogen and oxygen atoms in total. The molecule has 0 aliphatic heterocycles. The van der Waals surface area contributed by atoms with Gasteiger partial charge in [-0.05, 0) is 0 Å². The number of nitrogens with two attached hydrogens (primary N) is 2. The van der Waals surface area contributed by atoms with Crippen molar-refractivity contribution in [3.8, 4) is 0 Å². The Morgan fingerprint density at radius 1 is 1.89 bits per heavy atom. The van der Waals surface area contributed by atoms with Crippen molar-refractivity contribution in [1.82, 2.24) is 4.98 Å². The van der Waals surface area contributed by atoms with E-state index in [4.69, 9.17) is 11.5 Å². The van der Waals surface area contributed by atoms with Gasteiger partial charge in [0.1, 0.15) is 4.88 Å². The molecule has 1 aromatic heterocycles. The molecule has 0 aliphatic carbocycles. The molecule has 1 heterocycles. The zero-order chi connectivity index (χ0) is 6.85. The molecule has 50 valence electrons. The average Bonchev–Trinajstić information content (AvgIpc) is 2.14. The van der Waals surface area contributed by atoms with E-state index < -0.39 is 5.91 Å². The summed E-state index contributed by atoms with van der Waals surface area (Å²) in [7, 11) is 0. The number of primary amides is 1. The first-order valence-electron chi connectivity index (χ1n) is 2.21. The van der Waals surface area contributed by atoms with Gasteiger partial charge in [0.25, 0.3) is 5.91 Å². The predicted molar refractivity (Wildman–Crippen MR) is 37.2 cm³/mol. The van der Waals surface area contributed by atoms with Crippen molar-refractivity contribution in [3.63, 3.8) is 0 Å². The first kappa shape index (κ1) is 6.03. The maximum absolute atomic E-state index is 10.4. The summed E-state index contributed by atoms with van der Waals surface area (Å²) in [6.07, 6.45) is 1.36. The Kier molecular flexibility index (Phi) is 1.35. The first-order chi connectivity index (χ1) is 4.20. The summed E-state index contributed by atoms with van der Waals surface area (Å²) in [4.78, 5) is 14.4. The molecular formula is C4H7N3OS. The van der Waals surface area contributed by atoms with Gasteiger partial charge in [0, 0.05) is 1.43 Å². The van der Waals surface area contributed by atoms with Crippen LogP contribution >= 0.6 is 11.3 Å². The number of amides is 1. The van der Waals surface area contributed by atoms with Crippen LogP contribution in [-0.4, -0.2) is 10.9 Å². The lowest BCUT2D eigenvalue weighted by atomic mass is 10.5. The molecule has 0 atom stereocenters. The number of nitrogen functional groups attached to an aromatic ring is 1. The van der Waals surface area contributed by atoms with Crippen LogP contribution in [0.4, 0.5) is 5.13 Å². The minimum Gasteiger partial charge on any atom is -0.375 e. The average molecular weight is 145 g/mol. The second kappa shape index (κ2) is 2.02. The Bertz CT molecular complexity index is 236. The van der Waals surface area contributed by atoms with E-state index in [9.17, 15) is 4.79 Å². The Hall–Kier alpha value is -1.10. The number of aromatic nitrogens is 1. The molecular weight excluding hydrogens is 138 g/mol. The summed E-state index contributed by atoms with van der Waals surface area (Å²) in [6, 6.07) is 0. The minimum absolute atomic E-state index is 0. The third-order valence-electron chi connectivity index (χ3n) is 0.766. The molecule has 1 amide bonds. The molecule has 1 aromatic rings. The third-order valence-corrected chi connectivity index (χ3v) is 1.61. The third kappa shape index (κ3) is 1.17. The van der Waals surface area contributed by atoms with Crippen LogP contribution in [0.15, 0.2) is 6.20 Å². The summed E-state index contributed by atoms with van der Waals surface area (Å²) < 4.78 is 0. The maximum Gasteiger partial charge on any atom is 0.260 e. The molecule has 1 rings (SSSR count). The normalized spacial score (nSPS) is 9.33. The van der Waals surface area contributed by atoms with Crippen molar-refractivity contribution < 1.29 is 6.22 Å². The van der Waals surface area contributed by atoms with E-state index in [-0.39, 0.29) is 1.43 Å². The molecule has 0 radical (unpaired) electrons. The largest absolute Gasteiger partial charge is 0.375 e. The summed E-state index contributed by atoms with van der Waals surface area (Å²) >= 11 is 1.09. The highest BCUT2D eigenvalue weighted by Gasteiger charge is 2.02. The highest BCUT2D eigenvalue weighted by Crippen LogP contribution is 2.12. The van der Waals surface area contributed by atoms with Crippen LogP contribution in [0.2, 0.25) is 0 Å². The quantitative estimate of drug-likeness (QED) is 0.586. The summed E-state index contributed by atoms with van der Waals surface area (Å²) in [6.45, 7) is 0. The Labute approximate surface area is 57.0 Å². The lowest BCUT2D eigenvalue weighted by Crippen LogP contribution is -2.08. The van der Waals surface area contributed by atoms with Gasteiger partial charge >= 0.3 is 0 Å². The number of nitrogens with zero attached hydrogens (tertiary/aromatic N) is 1. The molecule has 4 N–H and O–H groups in total. The van der Waals surface area contributed by atoms with Gasteiger partial charge in [0.15, 0.2) is 5.13 Å². The van der Waals surface area contributed by atoms with Crippen LogP contribution in [0.3, 0.4) is 0 Å². The number of thiazole rings is 1. The molecule has 5 heteroatoms. The first-order valence-corrected chi connectivity index (χ1v) is 3.03. The Morgan fingerprint density at radius 3 is 2.78 bits per heavy atom. The number of anilines is 1. The van der Waals surface area contributed by atoms with Gasteiger partial charge in [0.05, 0.1) is 6.20 Å². The SMILES string of the molecule is NC(=O)c1cnc(N)s1.[HH]. The van der Waals surface area contributed by atoms with Crippen molar-refractivity contribution in [2.24, 2.45) is 5.73 Å². The number of rotatable bonds is 1. The van der Waals surface area contributed by atoms with E-state index in [0.717, 1.165) is 11.3 Å². The smallest absolute Gasteiger partial charge is 0.260 e. The van der Waals surface area contributed by atoms with Crippen molar-refractivity contribution >= 4 is 22.4 Å². The van der Waals surface area contributed by atoms with Crippen molar-refractivity contribution in [2.45, 2.75) is 0 Å². The summed E-state index contributed by atoms with van der Waals surface area (Å²) in [5.74, 6) is -0.482. The second-order valence-electron chi connectivity index (χ2n) is 1.43. The number of hydrogen-bond acceptors (Lipinski definition) is 4. The zero-order valence-corrected chi connectivity index (χ0v) is 5.31. The fraction of sp³-hybridized carbons (Fsp3) is 0. The summed E-state index contributed by atoms with van der Waals surface area (Å²) in [5.41, 5.74) is 10.1. The van der Waals surface area contributed by atoms with Crippen molar-refractivity contribution in [3.05, 3.63) is 11.1 Å². The Morgan fingerprint density at radius 2 is 2.56 bits per heavy atom. The van der Waals surface area contributed by atoms with Crippen molar-refractivity contribution in [2.75, 3.05) is 5.73 Å². The van der Waals surface area contributed by atoms with E-state index in [1.54, 1.807) is 0 Å². The molecule has 9 heavy (non-hydrogen) atoms. The highest BCUT2D eigenvalue weighted by atomic mass is 32.1. The van der Waals surface area contributed by atoms with Gasteiger partial charge in [-0.2, -0.15) is 0 Å². The van der Waals surface area contributed by atoms with E-state index in [1.165, 1.54) is 6.20 Å². The van der Waals surface area contributed by atoms with Gasteiger partial charge < -0.3 is 11.5 Å². The molecule has 0 aromatic carbocycles. The zero-order valence-electron chi connectivity index (χ0n) is 4.50. The van der Waals surface area contributed by atoms with Gasteiger partial charge in [-0.25, -0.2) is 4.98 Å². The molecule has 0 unspecified atom stereocenters. The molecule has 0 saturated heterocycles. The minimum atomic E-state index is -0.482. The number of hydrogen-bond donors (Lipinski definition) is 2. The Balaban J connectivity index is 0.000000810. The molecule has 0 bridgehead atoms. The molecule has 0 spiro atoms. The van der Waals surface area contributed by atoms with Gasteiger partial charge in [0.2, 0.25) is 0 Å². The lowest BCUT2D eigenvalue weighted by Gasteiger charge is -1.79. The van der Waals surface area contributed by atoms with Crippen LogP contribution in [0.25, 0.3) is 0 Å². The maximum atomic E-state index is 10.4. The van der Waals surface area contributed by atoms with Crippen LogP contribution < -0.4 is 11.5 Å². The van der Waals surface area contributed by atoms with E-state index >= 15 is 0 Å². The van der Waals surface area contributed by atoms with Crippen LogP contribution in [-0.2, 0) is 0 Å². The predicted octanol–water partition coefficient (Wildman–Crippen LogP) is 0.0702. The van der Waals surface area contributed by atoms with Gasteiger partial charge in [-0.3, -0.25) is 4.79 Å². The molecule has 0 saturated carbocycles. The van der Waals surface area contributed by atoms with Crippen molar-refractivity contribution in [1.29, 1.82) is 0 Å². The van der Waals surface area contributed by atoms with E-state index in [2.05, 4.69) is 4.98 Å².